The molecule has 1 atom stereocenters. The van der Waals surface area contributed by atoms with E-state index in [-0.39, 0.29) is 0 Å². The topological polar surface area (TPSA) is 9.23 Å². The van der Waals surface area contributed by atoms with Gasteiger partial charge in [-0.2, -0.15) is 0 Å². The highest BCUT2D eigenvalue weighted by molar-refractivity contribution is 4.89. The number of allylic oxidation sites excluding steroid dienone is 1. The van der Waals surface area contributed by atoms with Crippen molar-refractivity contribution in [3.05, 3.63) is 12.2 Å². The highest BCUT2D eigenvalue weighted by Gasteiger charge is 2.02. The van der Waals surface area contributed by atoms with Gasteiger partial charge in [-0.15, -0.1) is 0 Å². The number of methoxy groups -OCH3 is 1. The Morgan fingerprint density at radius 1 is 0.929 bits per heavy atom. The Labute approximate surface area is 88.5 Å². The standard InChI is InChI=1S/C13H24O/c1-14-13-11-9-7-5-3-2-4-6-8-10-12-13/h9,11,13H,2-8,10,12H2,1H3/b11-9+. The zero-order valence-electron chi connectivity index (χ0n) is 9.50. The lowest BCUT2D eigenvalue weighted by Gasteiger charge is -2.11. The van der Waals surface area contributed by atoms with Gasteiger partial charge in [0.05, 0.1) is 6.10 Å². The van der Waals surface area contributed by atoms with Gasteiger partial charge in [-0.3, -0.25) is 0 Å². The van der Waals surface area contributed by atoms with E-state index in [2.05, 4.69) is 12.2 Å². The molecule has 0 spiro atoms. The molecule has 0 aromatic heterocycles. The molecule has 1 rings (SSSR count). The Bertz CT molecular complexity index is 151. The zero-order valence-corrected chi connectivity index (χ0v) is 9.50. The van der Waals surface area contributed by atoms with E-state index < -0.39 is 0 Å². The molecule has 0 aliphatic heterocycles. The third-order valence-electron chi connectivity index (χ3n) is 3.01. The van der Waals surface area contributed by atoms with Gasteiger partial charge < -0.3 is 4.74 Å². The summed E-state index contributed by atoms with van der Waals surface area (Å²) in [6.07, 6.45) is 17.1. The van der Waals surface area contributed by atoms with Gasteiger partial charge in [0.25, 0.3) is 0 Å². The van der Waals surface area contributed by atoms with Gasteiger partial charge in [0.15, 0.2) is 0 Å². The quantitative estimate of drug-likeness (QED) is 0.574. The minimum Gasteiger partial charge on any atom is -0.377 e. The van der Waals surface area contributed by atoms with Crippen LogP contribution in [0.25, 0.3) is 0 Å². The van der Waals surface area contributed by atoms with E-state index in [1.165, 1.54) is 57.8 Å². The molecular formula is C13H24O. The van der Waals surface area contributed by atoms with Crippen LogP contribution in [0.15, 0.2) is 12.2 Å². The van der Waals surface area contributed by atoms with E-state index in [4.69, 9.17) is 4.74 Å². The van der Waals surface area contributed by atoms with E-state index in [1.54, 1.807) is 0 Å². The van der Waals surface area contributed by atoms with Gasteiger partial charge in [0, 0.05) is 7.11 Å². The second kappa shape index (κ2) is 8.05. The van der Waals surface area contributed by atoms with E-state index in [0.717, 1.165) is 0 Å². The minimum absolute atomic E-state index is 0.370. The van der Waals surface area contributed by atoms with Crippen LogP contribution in [0.4, 0.5) is 0 Å². The van der Waals surface area contributed by atoms with E-state index >= 15 is 0 Å². The van der Waals surface area contributed by atoms with Crippen molar-refractivity contribution >= 4 is 0 Å². The monoisotopic (exact) mass is 196 g/mol. The number of ether oxygens (including phenoxy) is 1. The number of hydrogen-bond donors (Lipinski definition) is 0. The van der Waals surface area contributed by atoms with Crippen LogP contribution in [0.3, 0.4) is 0 Å². The molecule has 0 saturated heterocycles. The molecule has 0 aromatic carbocycles. The summed E-state index contributed by atoms with van der Waals surface area (Å²) in [7, 11) is 1.82. The van der Waals surface area contributed by atoms with Crippen LogP contribution in [0.5, 0.6) is 0 Å². The molecule has 14 heavy (non-hydrogen) atoms. The third-order valence-corrected chi connectivity index (χ3v) is 3.01. The molecule has 0 bridgehead atoms. The second-order valence-corrected chi connectivity index (χ2v) is 4.25. The maximum Gasteiger partial charge on any atom is 0.0752 e. The first-order valence-corrected chi connectivity index (χ1v) is 6.13. The lowest BCUT2D eigenvalue weighted by molar-refractivity contribution is 0.130. The molecule has 0 N–H and O–H groups in total. The van der Waals surface area contributed by atoms with Crippen LogP contribution < -0.4 is 0 Å². The van der Waals surface area contributed by atoms with Crippen molar-refractivity contribution in [3.63, 3.8) is 0 Å². The first-order valence-electron chi connectivity index (χ1n) is 6.13. The first kappa shape index (κ1) is 11.8. The fraction of sp³-hybridized carbons (Fsp3) is 0.846. The second-order valence-electron chi connectivity index (χ2n) is 4.25. The largest absolute Gasteiger partial charge is 0.377 e. The molecule has 1 aliphatic rings. The fourth-order valence-electron chi connectivity index (χ4n) is 2.03. The Balaban J connectivity index is 2.28. The summed E-state index contributed by atoms with van der Waals surface area (Å²) in [6, 6.07) is 0. The van der Waals surface area contributed by atoms with Gasteiger partial charge >= 0.3 is 0 Å². The summed E-state index contributed by atoms with van der Waals surface area (Å²) in [5.41, 5.74) is 0. The van der Waals surface area contributed by atoms with Gasteiger partial charge in [-0.05, 0) is 19.3 Å². The maximum absolute atomic E-state index is 5.41. The van der Waals surface area contributed by atoms with Crippen molar-refractivity contribution in [3.8, 4) is 0 Å². The highest BCUT2D eigenvalue weighted by Crippen LogP contribution is 2.14. The molecule has 1 nitrogen and oxygen atoms in total. The van der Waals surface area contributed by atoms with Crippen molar-refractivity contribution in [1.29, 1.82) is 0 Å². The summed E-state index contributed by atoms with van der Waals surface area (Å²) in [4.78, 5) is 0. The van der Waals surface area contributed by atoms with Gasteiger partial charge in [0.1, 0.15) is 0 Å². The molecule has 82 valence electrons. The maximum atomic E-state index is 5.41. The molecule has 0 radical (unpaired) electrons. The highest BCUT2D eigenvalue weighted by atomic mass is 16.5. The predicted octanol–water partition coefficient (Wildman–Crippen LogP) is 4.08. The molecular weight excluding hydrogens is 172 g/mol. The zero-order chi connectivity index (χ0) is 10.1. The van der Waals surface area contributed by atoms with E-state index in [0.29, 0.717) is 6.10 Å². The predicted molar refractivity (Wildman–Crippen MR) is 61.5 cm³/mol. The summed E-state index contributed by atoms with van der Waals surface area (Å²) < 4.78 is 5.41. The smallest absolute Gasteiger partial charge is 0.0752 e. The normalized spacial score (nSPS) is 28.8. The molecule has 0 amide bonds. The van der Waals surface area contributed by atoms with Gasteiger partial charge in [-0.1, -0.05) is 50.7 Å². The van der Waals surface area contributed by atoms with Crippen LogP contribution in [-0.2, 0) is 4.74 Å². The first-order chi connectivity index (χ1) is 6.93. The Morgan fingerprint density at radius 2 is 1.57 bits per heavy atom. The molecule has 0 heterocycles. The number of rotatable bonds is 1. The van der Waals surface area contributed by atoms with Crippen molar-refractivity contribution in [2.24, 2.45) is 0 Å². The summed E-state index contributed by atoms with van der Waals surface area (Å²) in [5, 5.41) is 0. The van der Waals surface area contributed by atoms with Crippen LogP contribution >= 0.6 is 0 Å². The summed E-state index contributed by atoms with van der Waals surface area (Å²) in [6.45, 7) is 0. The molecule has 1 heteroatoms. The van der Waals surface area contributed by atoms with Crippen molar-refractivity contribution in [2.45, 2.75) is 63.9 Å². The lowest BCUT2D eigenvalue weighted by atomic mass is 10.0. The van der Waals surface area contributed by atoms with Crippen LogP contribution in [0.2, 0.25) is 0 Å². The summed E-state index contributed by atoms with van der Waals surface area (Å²) >= 11 is 0. The van der Waals surface area contributed by atoms with Gasteiger partial charge in [-0.25, -0.2) is 0 Å². The fourth-order valence-corrected chi connectivity index (χ4v) is 2.03. The summed E-state index contributed by atoms with van der Waals surface area (Å²) in [5.74, 6) is 0. The van der Waals surface area contributed by atoms with Crippen molar-refractivity contribution < 1.29 is 4.74 Å². The van der Waals surface area contributed by atoms with Crippen LogP contribution in [0.1, 0.15) is 57.8 Å². The van der Waals surface area contributed by atoms with Crippen LogP contribution in [-0.4, -0.2) is 13.2 Å². The minimum atomic E-state index is 0.370. The Kier molecular flexibility index (Phi) is 6.77. The van der Waals surface area contributed by atoms with E-state index in [1.807, 2.05) is 7.11 Å². The number of hydrogen-bond acceptors (Lipinski definition) is 1. The molecule has 0 saturated carbocycles. The Morgan fingerprint density at radius 3 is 2.29 bits per heavy atom. The Hall–Kier alpha value is -0.300. The van der Waals surface area contributed by atoms with Crippen molar-refractivity contribution in [2.75, 3.05) is 7.11 Å². The van der Waals surface area contributed by atoms with Crippen LogP contribution in [0, 0.1) is 0 Å². The molecule has 1 aliphatic carbocycles. The molecule has 0 fully saturated rings. The van der Waals surface area contributed by atoms with Crippen molar-refractivity contribution in [1.82, 2.24) is 0 Å². The average molecular weight is 196 g/mol. The average Bonchev–Trinajstić information content (AvgIpc) is 2.19. The van der Waals surface area contributed by atoms with E-state index in [9.17, 15) is 0 Å². The SMILES string of the molecule is COC1/C=C/CCCCCCCCC1. The lowest BCUT2D eigenvalue weighted by Crippen LogP contribution is -2.06. The molecule has 0 aromatic rings. The van der Waals surface area contributed by atoms with Gasteiger partial charge in [0.2, 0.25) is 0 Å². The molecule has 1 unspecified atom stereocenters. The third kappa shape index (κ3) is 5.43.